The maximum Gasteiger partial charge on any atom is 0.389 e. The Bertz CT molecular complexity index is 256. The number of carbonyl (C=O) groups excluding carboxylic acids is 1. The molecule has 0 aliphatic carbocycles. The number of alkyl halides is 3. The third-order valence-corrected chi connectivity index (χ3v) is 2.05. The molecule has 0 aliphatic heterocycles. The van der Waals surface area contributed by atoms with Gasteiger partial charge in [0.1, 0.15) is 6.10 Å². The Hall–Kier alpha value is -1.08. The Morgan fingerprint density at radius 1 is 1.53 bits per heavy atom. The average molecular weight is 254 g/mol. The van der Waals surface area contributed by atoms with E-state index in [1.165, 1.54) is 6.08 Å². The van der Waals surface area contributed by atoms with E-state index in [2.05, 4.69) is 11.9 Å². The predicted molar refractivity (Wildman–Crippen MR) is 57.1 cm³/mol. The molecule has 0 aromatic rings. The first kappa shape index (κ1) is 15.9. The number of hydrogen-bond donors (Lipinski definition) is 3. The summed E-state index contributed by atoms with van der Waals surface area (Å²) >= 11 is 0. The molecule has 0 radical (unpaired) electrons. The van der Waals surface area contributed by atoms with Crippen molar-refractivity contribution in [2.45, 2.75) is 37.6 Å². The molecule has 1 amide bonds. The van der Waals surface area contributed by atoms with Crippen LogP contribution in [0.1, 0.15) is 19.3 Å². The standard InChI is InChI=1S/C10H17F3N2O2/c1-2-5-15-9(17)8(16)6-7(14)3-4-10(11,12)13/h2,7-8,16H,1,3-6,14H2,(H,15,17). The summed E-state index contributed by atoms with van der Waals surface area (Å²) in [5, 5.41) is 11.7. The topological polar surface area (TPSA) is 75.3 Å². The Kier molecular flexibility index (Phi) is 6.82. The van der Waals surface area contributed by atoms with E-state index in [0.717, 1.165) is 0 Å². The molecule has 7 heteroatoms. The fourth-order valence-electron chi connectivity index (χ4n) is 1.15. The molecule has 4 N–H and O–H groups in total. The molecule has 0 aromatic carbocycles. The van der Waals surface area contributed by atoms with Gasteiger partial charge in [0.25, 0.3) is 0 Å². The van der Waals surface area contributed by atoms with Crippen LogP contribution in [0.25, 0.3) is 0 Å². The van der Waals surface area contributed by atoms with Crippen LogP contribution in [0.4, 0.5) is 13.2 Å². The summed E-state index contributed by atoms with van der Waals surface area (Å²) < 4.78 is 35.6. The van der Waals surface area contributed by atoms with Gasteiger partial charge in [-0.2, -0.15) is 13.2 Å². The molecule has 2 atom stereocenters. The van der Waals surface area contributed by atoms with Crippen LogP contribution in [0.15, 0.2) is 12.7 Å². The summed E-state index contributed by atoms with van der Waals surface area (Å²) in [6.07, 6.45) is -5.76. The smallest absolute Gasteiger partial charge is 0.383 e. The molecule has 0 spiro atoms. The lowest BCUT2D eigenvalue weighted by atomic mass is 10.0. The second-order valence-electron chi connectivity index (χ2n) is 3.70. The van der Waals surface area contributed by atoms with Crippen LogP contribution < -0.4 is 11.1 Å². The average Bonchev–Trinajstić information content (AvgIpc) is 2.22. The number of amides is 1. The molecule has 100 valence electrons. The van der Waals surface area contributed by atoms with E-state index in [9.17, 15) is 23.1 Å². The van der Waals surface area contributed by atoms with Crippen molar-refractivity contribution in [3.8, 4) is 0 Å². The van der Waals surface area contributed by atoms with Crippen molar-refractivity contribution in [3.63, 3.8) is 0 Å². The van der Waals surface area contributed by atoms with Crippen molar-refractivity contribution < 1.29 is 23.1 Å². The molecular weight excluding hydrogens is 237 g/mol. The van der Waals surface area contributed by atoms with Gasteiger partial charge in [-0.15, -0.1) is 6.58 Å². The summed E-state index contributed by atoms with van der Waals surface area (Å²) in [5.74, 6) is -0.660. The van der Waals surface area contributed by atoms with E-state index in [0.29, 0.717) is 0 Å². The monoisotopic (exact) mass is 254 g/mol. The molecule has 0 heterocycles. The summed E-state index contributed by atoms with van der Waals surface area (Å²) in [6.45, 7) is 3.55. The SMILES string of the molecule is C=CCNC(=O)C(O)CC(N)CCC(F)(F)F. The maximum atomic E-state index is 11.9. The highest BCUT2D eigenvalue weighted by atomic mass is 19.4. The number of carbonyl (C=O) groups is 1. The van der Waals surface area contributed by atoms with Crippen LogP contribution in [0.5, 0.6) is 0 Å². The summed E-state index contributed by atoms with van der Waals surface area (Å²) in [6, 6.07) is -0.860. The molecule has 0 saturated carbocycles. The molecule has 0 aliphatic rings. The maximum absolute atomic E-state index is 11.9. The lowest BCUT2D eigenvalue weighted by molar-refractivity contribution is -0.137. The van der Waals surface area contributed by atoms with Gasteiger partial charge in [-0.1, -0.05) is 6.08 Å². The molecule has 17 heavy (non-hydrogen) atoms. The van der Waals surface area contributed by atoms with Crippen LogP contribution in [0.3, 0.4) is 0 Å². The summed E-state index contributed by atoms with van der Waals surface area (Å²) in [7, 11) is 0. The van der Waals surface area contributed by atoms with E-state index in [4.69, 9.17) is 5.73 Å². The third kappa shape index (κ3) is 8.70. The fourth-order valence-corrected chi connectivity index (χ4v) is 1.15. The number of hydrogen-bond acceptors (Lipinski definition) is 3. The Morgan fingerprint density at radius 3 is 2.59 bits per heavy atom. The third-order valence-electron chi connectivity index (χ3n) is 2.05. The van der Waals surface area contributed by atoms with Gasteiger partial charge in [-0.05, 0) is 12.8 Å². The van der Waals surface area contributed by atoms with Crippen molar-refractivity contribution in [1.29, 1.82) is 0 Å². The fraction of sp³-hybridized carbons (Fsp3) is 0.700. The minimum absolute atomic E-state index is 0.188. The van der Waals surface area contributed by atoms with Crippen molar-refractivity contribution in [2.75, 3.05) is 6.54 Å². The lowest BCUT2D eigenvalue weighted by Gasteiger charge is -2.16. The lowest BCUT2D eigenvalue weighted by Crippen LogP contribution is -2.39. The quantitative estimate of drug-likeness (QED) is 0.586. The number of aliphatic hydroxyl groups is 1. The largest absolute Gasteiger partial charge is 0.389 e. The van der Waals surface area contributed by atoms with Crippen LogP contribution in [-0.4, -0.2) is 35.9 Å². The molecular formula is C10H17F3N2O2. The number of nitrogens with one attached hydrogen (secondary N) is 1. The van der Waals surface area contributed by atoms with Gasteiger partial charge in [0.05, 0.1) is 0 Å². The first-order valence-corrected chi connectivity index (χ1v) is 5.15. The number of rotatable bonds is 7. The van der Waals surface area contributed by atoms with E-state index >= 15 is 0 Å². The highest BCUT2D eigenvalue weighted by molar-refractivity contribution is 5.80. The van der Waals surface area contributed by atoms with Crippen LogP contribution in [-0.2, 0) is 4.79 Å². The van der Waals surface area contributed by atoms with Crippen LogP contribution in [0, 0.1) is 0 Å². The van der Waals surface area contributed by atoms with Gasteiger partial charge >= 0.3 is 6.18 Å². The predicted octanol–water partition coefficient (Wildman–Crippen LogP) is 0.709. The zero-order chi connectivity index (χ0) is 13.5. The van der Waals surface area contributed by atoms with Gasteiger partial charge < -0.3 is 16.2 Å². The van der Waals surface area contributed by atoms with E-state index in [1.54, 1.807) is 0 Å². The Balaban J connectivity index is 3.90. The summed E-state index contributed by atoms with van der Waals surface area (Å²) in [4.78, 5) is 11.2. The van der Waals surface area contributed by atoms with E-state index in [1.807, 2.05) is 0 Å². The number of nitrogens with two attached hydrogens (primary N) is 1. The number of aliphatic hydroxyl groups excluding tert-OH is 1. The van der Waals surface area contributed by atoms with Gasteiger partial charge in [-0.25, -0.2) is 0 Å². The minimum Gasteiger partial charge on any atom is -0.383 e. The molecule has 0 aromatic heterocycles. The minimum atomic E-state index is -4.27. The number of halogens is 3. The zero-order valence-electron chi connectivity index (χ0n) is 9.33. The van der Waals surface area contributed by atoms with Gasteiger partial charge in [0.15, 0.2) is 0 Å². The first-order chi connectivity index (χ1) is 7.76. The summed E-state index contributed by atoms with van der Waals surface area (Å²) in [5.41, 5.74) is 5.39. The highest BCUT2D eigenvalue weighted by Crippen LogP contribution is 2.22. The second-order valence-corrected chi connectivity index (χ2v) is 3.70. The van der Waals surface area contributed by atoms with Crippen molar-refractivity contribution >= 4 is 5.91 Å². The molecule has 0 saturated heterocycles. The molecule has 0 bridgehead atoms. The Labute approximate surface area is 97.7 Å². The van der Waals surface area contributed by atoms with Gasteiger partial charge in [-0.3, -0.25) is 4.79 Å². The molecule has 4 nitrogen and oxygen atoms in total. The Morgan fingerprint density at radius 2 is 2.12 bits per heavy atom. The van der Waals surface area contributed by atoms with Crippen LogP contribution >= 0.6 is 0 Å². The normalized spacial score (nSPS) is 15.1. The van der Waals surface area contributed by atoms with Crippen molar-refractivity contribution in [1.82, 2.24) is 5.32 Å². The van der Waals surface area contributed by atoms with Gasteiger partial charge in [0, 0.05) is 19.0 Å². The van der Waals surface area contributed by atoms with Gasteiger partial charge in [0.2, 0.25) is 5.91 Å². The highest BCUT2D eigenvalue weighted by Gasteiger charge is 2.28. The van der Waals surface area contributed by atoms with Crippen molar-refractivity contribution in [2.24, 2.45) is 5.73 Å². The first-order valence-electron chi connectivity index (χ1n) is 5.15. The molecule has 0 fully saturated rings. The van der Waals surface area contributed by atoms with Crippen LogP contribution in [0.2, 0.25) is 0 Å². The zero-order valence-corrected chi connectivity index (χ0v) is 9.33. The molecule has 0 rings (SSSR count). The van der Waals surface area contributed by atoms with Crippen molar-refractivity contribution in [3.05, 3.63) is 12.7 Å². The molecule has 2 unspecified atom stereocenters. The van der Waals surface area contributed by atoms with E-state index in [-0.39, 0.29) is 19.4 Å². The van der Waals surface area contributed by atoms with E-state index < -0.39 is 30.7 Å². The second kappa shape index (κ2) is 7.29.